The van der Waals surface area contributed by atoms with Crippen LogP contribution in [0, 0.1) is 11.8 Å². The topological polar surface area (TPSA) is 76.7 Å². The van der Waals surface area contributed by atoms with Crippen molar-refractivity contribution in [2.75, 3.05) is 26.2 Å². The third-order valence-corrected chi connectivity index (χ3v) is 7.65. The van der Waals surface area contributed by atoms with Gasteiger partial charge in [-0.2, -0.15) is 0 Å². The van der Waals surface area contributed by atoms with Gasteiger partial charge in [0.25, 0.3) is 0 Å². The molecule has 172 valence electrons. The number of piperidine rings is 2. The van der Waals surface area contributed by atoms with Gasteiger partial charge in [-0.15, -0.1) is 0 Å². The molecule has 2 aliphatic rings. The molecule has 0 amide bonds. The van der Waals surface area contributed by atoms with Crippen molar-refractivity contribution in [1.29, 1.82) is 0 Å². The maximum atomic E-state index is 13.0. The van der Waals surface area contributed by atoms with Crippen LogP contribution in [-0.2, 0) is 9.47 Å². The molecule has 0 aliphatic carbocycles. The minimum absolute atomic E-state index is 0.301. The summed E-state index contributed by atoms with van der Waals surface area (Å²) in [5.41, 5.74) is -0.467. The standard InChI is InChI=1S/C24H35BrN2O4/c1-23(2,16-8-12-26-13-9-16)30-21(28)18-6-5-7-19(20(18)25)22(29)31-24(3,4)17-10-14-27-15-11-17/h5-7,16-17,26-27H,8-15H2,1-4H3. The van der Waals surface area contributed by atoms with E-state index in [1.165, 1.54) is 0 Å². The number of ether oxygens (including phenoxy) is 2. The molecule has 7 heteroatoms. The summed E-state index contributed by atoms with van der Waals surface area (Å²) in [5.74, 6) is -0.254. The summed E-state index contributed by atoms with van der Waals surface area (Å²) in [5, 5.41) is 6.68. The molecule has 3 rings (SSSR count). The van der Waals surface area contributed by atoms with E-state index in [2.05, 4.69) is 26.6 Å². The summed E-state index contributed by atoms with van der Waals surface area (Å²) in [6.45, 7) is 11.6. The fraction of sp³-hybridized carbons (Fsp3) is 0.667. The maximum Gasteiger partial charge on any atom is 0.339 e. The zero-order chi connectivity index (χ0) is 22.6. The fourth-order valence-corrected chi connectivity index (χ4v) is 5.22. The molecule has 2 N–H and O–H groups in total. The molecule has 2 fully saturated rings. The second-order valence-corrected chi connectivity index (χ2v) is 10.5. The van der Waals surface area contributed by atoms with Gasteiger partial charge in [0.15, 0.2) is 0 Å². The summed E-state index contributed by atoms with van der Waals surface area (Å²) in [4.78, 5) is 26.0. The highest BCUT2D eigenvalue weighted by Gasteiger charge is 2.37. The van der Waals surface area contributed by atoms with E-state index in [9.17, 15) is 9.59 Å². The lowest BCUT2D eigenvalue weighted by molar-refractivity contribution is -0.0369. The van der Waals surface area contributed by atoms with Crippen molar-refractivity contribution < 1.29 is 19.1 Å². The quantitative estimate of drug-likeness (QED) is 0.573. The van der Waals surface area contributed by atoms with Crippen LogP contribution in [0.25, 0.3) is 0 Å². The van der Waals surface area contributed by atoms with Gasteiger partial charge in [-0.1, -0.05) is 6.07 Å². The Bertz CT molecular complexity index is 735. The molecule has 31 heavy (non-hydrogen) atoms. The molecule has 2 aliphatic heterocycles. The monoisotopic (exact) mass is 494 g/mol. The van der Waals surface area contributed by atoms with Gasteiger partial charge >= 0.3 is 11.9 Å². The zero-order valence-electron chi connectivity index (χ0n) is 19.1. The van der Waals surface area contributed by atoms with Crippen LogP contribution in [0.4, 0.5) is 0 Å². The van der Waals surface area contributed by atoms with Crippen LogP contribution in [0.3, 0.4) is 0 Å². The average Bonchev–Trinajstić information content (AvgIpc) is 2.74. The van der Waals surface area contributed by atoms with Crippen molar-refractivity contribution in [1.82, 2.24) is 10.6 Å². The number of carbonyl (C=O) groups is 2. The molecule has 0 unspecified atom stereocenters. The van der Waals surface area contributed by atoms with E-state index < -0.39 is 23.1 Å². The number of hydrogen-bond acceptors (Lipinski definition) is 6. The Kier molecular flexibility index (Phi) is 7.81. The van der Waals surface area contributed by atoms with Crippen LogP contribution >= 0.6 is 15.9 Å². The van der Waals surface area contributed by atoms with Crippen molar-refractivity contribution >= 4 is 27.9 Å². The first-order valence-electron chi connectivity index (χ1n) is 11.3. The second-order valence-electron chi connectivity index (χ2n) is 9.70. The molecule has 0 spiro atoms. The number of halogens is 1. The Morgan fingerprint density at radius 3 is 1.52 bits per heavy atom. The SMILES string of the molecule is CC(C)(OC(=O)c1cccc(C(=O)OC(C)(C)C2CCNCC2)c1Br)C1CCNCC1. The first-order valence-corrected chi connectivity index (χ1v) is 12.1. The Hall–Kier alpha value is -1.44. The maximum absolute atomic E-state index is 13.0. The van der Waals surface area contributed by atoms with Gasteiger partial charge in [0.1, 0.15) is 11.2 Å². The van der Waals surface area contributed by atoms with Gasteiger partial charge < -0.3 is 20.1 Å². The summed E-state index contributed by atoms with van der Waals surface area (Å²) in [6, 6.07) is 5.06. The smallest absolute Gasteiger partial charge is 0.339 e. The lowest BCUT2D eigenvalue weighted by atomic mass is 9.83. The number of esters is 2. The minimum atomic E-state index is -0.577. The molecule has 2 saturated heterocycles. The zero-order valence-corrected chi connectivity index (χ0v) is 20.6. The lowest BCUT2D eigenvalue weighted by Gasteiger charge is -2.37. The Labute approximate surface area is 194 Å². The first-order chi connectivity index (χ1) is 14.6. The van der Waals surface area contributed by atoms with Crippen molar-refractivity contribution in [3.8, 4) is 0 Å². The lowest BCUT2D eigenvalue weighted by Crippen LogP contribution is -2.43. The second kappa shape index (κ2) is 10.0. The van der Waals surface area contributed by atoms with Crippen molar-refractivity contribution in [3.05, 3.63) is 33.8 Å². The summed E-state index contributed by atoms with van der Waals surface area (Å²) in [6.07, 6.45) is 3.89. The largest absolute Gasteiger partial charge is 0.456 e. The molecule has 2 heterocycles. The summed E-state index contributed by atoms with van der Waals surface area (Å²) in [7, 11) is 0. The fourth-order valence-electron chi connectivity index (χ4n) is 4.64. The van der Waals surface area contributed by atoms with Crippen LogP contribution in [0.15, 0.2) is 22.7 Å². The predicted molar refractivity (Wildman–Crippen MR) is 124 cm³/mol. The Morgan fingerprint density at radius 2 is 1.16 bits per heavy atom. The number of hydrogen-bond donors (Lipinski definition) is 2. The molecule has 1 aromatic carbocycles. The number of rotatable bonds is 6. The van der Waals surface area contributed by atoms with E-state index in [-0.39, 0.29) is 0 Å². The molecular weight excluding hydrogens is 460 g/mol. The highest BCUT2D eigenvalue weighted by atomic mass is 79.9. The van der Waals surface area contributed by atoms with Crippen LogP contribution in [0.1, 0.15) is 74.1 Å². The number of nitrogens with one attached hydrogen (secondary N) is 2. The van der Waals surface area contributed by atoms with Crippen molar-refractivity contribution in [2.45, 2.75) is 64.6 Å². The molecule has 1 aromatic rings. The van der Waals surface area contributed by atoms with Gasteiger partial charge in [0, 0.05) is 16.3 Å². The van der Waals surface area contributed by atoms with Crippen LogP contribution < -0.4 is 10.6 Å². The van der Waals surface area contributed by atoms with Gasteiger partial charge in [-0.3, -0.25) is 0 Å². The van der Waals surface area contributed by atoms with Crippen molar-refractivity contribution in [2.24, 2.45) is 11.8 Å². The molecular formula is C24H35BrN2O4. The van der Waals surface area contributed by atoms with Gasteiger partial charge in [0.05, 0.1) is 11.1 Å². The van der Waals surface area contributed by atoms with Gasteiger partial charge in [0.2, 0.25) is 0 Å². The number of carbonyl (C=O) groups excluding carboxylic acids is 2. The van der Waals surface area contributed by atoms with Crippen molar-refractivity contribution in [3.63, 3.8) is 0 Å². The highest BCUT2D eigenvalue weighted by molar-refractivity contribution is 9.10. The average molecular weight is 495 g/mol. The van der Waals surface area contributed by atoms with Crippen LogP contribution in [0.5, 0.6) is 0 Å². The summed E-state index contributed by atoms with van der Waals surface area (Å²) >= 11 is 3.47. The molecule has 6 nitrogen and oxygen atoms in total. The first kappa shape index (κ1) is 24.2. The predicted octanol–water partition coefficient (Wildman–Crippen LogP) is 4.32. The van der Waals surface area contributed by atoms with Crippen LogP contribution in [-0.4, -0.2) is 49.3 Å². The van der Waals surface area contributed by atoms with E-state index in [4.69, 9.17) is 9.47 Å². The third kappa shape index (κ3) is 5.88. The van der Waals surface area contributed by atoms with E-state index in [0.29, 0.717) is 27.4 Å². The molecule has 0 saturated carbocycles. The highest BCUT2D eigenvalue weighted by Crippen LogP contribution is 2.33. The van der Waals surface area contributed by atoms with E-state index in [1.807, 2.05) is 27.7 Å². The normalized spacial score (nSPS) is 19.1. The third-order valence-electron chi connectivity index (χ3n) is 6.79. The Morgan fingerprint density at radius 1 is 0.806 bits per heavy atom. The van der Waals surface area contributed by atoms with E-state index in [0.717, 1.165) is 51.9 Å². The number of benzene rings is 1. The van der Waals surface area contributed by atoms with Crippen LogP contribution in [0.2, 0.25) is 0 Å². The summed E-state index contributed by atoms with van der Waals surface area (Å²) < 4.78 is 12.3. The molecule has 0 aromatic heterocycles. The minimum Gasteiger partial charge on any atom is -0.456 e. The van der Waals surface area contributed by atoms with Gasteiger partial charge in [-0.25, -0.2) is 9.59 Å². The Balaban J connectivity index is 1.72. The van der Waals surface area contributed by atoms with E-state index >= 15 is 0 Å². The molecule has 0 radical (unpaired) electrons. The van der Waals surface area contributed by atoms with Gasteiger partial charge in [-0.05, 0) is 108 Å². The molecule has 0 atom stereocenters. The van der Waals surface area contributed by atoms with E-state index in [1.54, 1.807) is 18.2 Å². The molecule has 0 bridgehead atoms.